The zero-order valence-electron chi connectivity index (χ0n) is 19.1. The molecule has 0 N–H and O–H groups in total. The molecule has 2 aromatic carbocycles. The quantitative estimate of drug-likeness (QED) is 0.480. The first-order valence-electron chi connectivity index (χ1n) is 11.4. The minimum absolute atomic E-state index is 0.257. The molecule has 3 heterocycles. The van der Waals surface area contributed by atoms with E-state index in [1.807, 2.05) is 29.0 Å². The van der Waals surface area contributed by atoms with Crippen molar-refractivity contribution in [2.75, 3.05) is 51.3 Å². The van der Waals surface area contributed by atoms with Crippen molar-refractivity contribution in [2.24, 2.45) is 0 Å². The predicted molar refractivity (Wildman–Crippen MR) is 133 cm³/mol. The lowest BCUT2D eigenvalue weighted by Gasteiger charge is -2.34. The van der Waals surface area contributed by atoms with Crippen molar-refractivity contribution in [2.45, 2.75) is 18.4 Å². The molecule has 0 radical (unpaired) electrons. The van der Waals surface area contributed by atoms with Gasteiger partial charge in [-0.15, -0.1) is 0 Å². The minimum Gasteiger partial charge on any atom is -0.491 e. The van der Waals surface area contributed by atoms with Gasteiger partial charge in [0.05, 0.1) is 24.5 Å². The van der Waals surface area contributed by atoms with Gasteiger partial charge in [0.15, 0.2) is 0 Å². The molecule has 3 aromatic rings. The van der Waals surface area contributed by atoms with E-state index < -0.39 is 5.79 Å². The third kappa shape index (κ3) is 5.19. The van der Waals surface area contributed by atoms with E-state index in [-0.39, 0.29) is 6.10 Å². The first-order chi connectivity index (χ1) is 16.5. The van der Waals surface area contributed by atoms with Gasteiger partial charge in [-0.05, 0) is 43.4 Å². The molecular formula is C25H28Cl2N4O3. The summed E-state index contributed by atoms with van der Waals surface area (Å²) in [6.45, 7) is 5.39. The number of anilines is 1. The van der Waals surface area contributed by atoms with E-state index in [1.54, 1.807) is 24.7 Å². The van der Waals surface area contributed by atoms with Crippen LogP contribution in [0.3, 0.4) is 0 Å². The number of hydrogen-bond acceptors (Lipinski definition) is 6. The second-order valence-corrected chi connectivity index (χ2v) is 9.60. The number of likely N-dealkylation sites (N-methyl/N-ethyl adjacent to an activating group) is 1. The Hall–Kier alpha value is -2.29. The van der Waals surface area contributed by atoms with Crippen LogP contribution in [0.5, 0.6) is 5.75 Å². The molecule has 5 rings (SSSR count). The van der Waals surface area contributed by atoms with E-state index >= 15 is 0 Å². The highest BCUT2D eigenvalue weighted by Crippen LogP contribution is 2.40. The zero-order valence-corrected chi connectivity index (χ0v) is 20.6. The molecule has 2 atom stereocenters. The number of imidazole rings is 1. The van der Waals surface area contributed by atoms with Gasteiger partial charge in [-0.3, -0.25) is 0 Å². The molecule has 180 valence electrons. The molecule has 2 aliphatic rings. The van der Waals surface area contributed by atoms with Crippen LogP contribution in [-0.4, -0.2) is 67.0 Å². The maximum atomic E-state index is 6.54. The zero-order chi connectivity index (χ0) is 23.5. The van der Waals surface area contributed by atoms with Crippen molar-refractivity contribution < 1.29 is 14.2 Å². The van der Waals surface area contributed by atoms with Gasteiger partial charge in [0.2, 0.25) is 5.79 Å². The molecular weight excluding hydrogens is 475 g/mol. The average molecular weight is 503 g/mol. The first-order valence-corrected chi connectivity index (χ1v) is 12.2. The molecule has 0 spiro atoms. The van der Waals surface area contributed by atoms with Crippen LogP contribution in [0, 0.1) is 0 Å². The Bertz CT molecular complexity index is 1090. The van der Waals surface area contributed by atoms with Gasteiger partial charge in [0, 0.05) is 54.8 Å². The Labute approximate surface area is 209 Å². The maximum Gasteiger partial charge on any atom is 0.215 e. The fraction of sp³-hybridized carbons (Fsp3) is 0.400. The number of hydrogen-bond donors (Lipinski definition) is 0. The lowest BCUT2D eigenvalue weighted by atomic mass is 10.1. The number of benzene rings is 2. The molecule has 0 unspecified atom stereocenters. The molecule has 9 heteroatoms. The van der Waals surface area contributed by atoms with Gasteiger partial charge in [0.25, 0.3) is 0 Å². The number of halogens is 2. The smallest absolute Gasteiger partial charge is 0.215 e. The van der Waals surface area contributed by atoms with Crippen molar-refractivity contribution in [1.29, 1.82) is 0 Å². The monoisotopic (exact) mass is 502 g/mol. The summed E-state index contributed by atoms with van der Waals surface area (Å²) in [4.78, 5) is 8.88. The summed E-state index contributed by atoms with van der Waals surface area (Å²) in [6.07, 6.45) is 5.06. The highest BCUT2D eigenvalue weighted by atomic mass is 35.5. The van der Waals surface area contributed by atoms with Gasteiger partial charge < -0.3 is 28.6 Å². The Morgan fingerprint density at radius 3 is 2.59 bits per heavy atom. The first kappa shape index (κ1) is 23.5. The van der Waals surface area contributed by atoms with E-state index in [0.717, 1.165) is 37.5 Å². The third-order valence-corrected chi connectivity index (χ3v) is 6.84. The SMILES string of the molecule is CN1CCN(c2ccc(OC[C@@H]3CO[C@@](Cn4ccnc4)(c4ccc(Cl)cc4Cl)O3)cc2)CC1. The van der Waals surface area contributed by atoms with E-state index in [2.05, 4.69) is 34.0 Å². The summed E-state index contributed by atoms with van der Waals surface area (Å²) >= 11 is 12.7. The molecule has 1 aromatic heterocycles. The van der Waals surface area contributed by atoms with Crippen LogP contribution in [0.4, 0.5) is 5.69 Å². The van der Waals surface area contributed by atoms with Crippen LogP contribution in [0.1, 0.15) is 5.56 Å². The standard InChI is InChI=1S/C25H28Cl2N4O3/c1-29-10-12-31(13-11-29)20-3-5-21(6-4-20)32-15-22-16-33-25(34-22,17-30-9-8-28-18-30)23-7-2-19(26)14-24(23)27/h2-9,14,18,22H,10-13,15-17H2,1H3/t22-,25-/m1/s1. The van der Waals surface area contributed by atoms with Gasteiger partial charge in [-0.2, -0.15) is 0 Å². The Balaban J connectivity index is 1.25. The predicted octanol–water partition coefficient (Wildman–Crippen LogP) is 4.29. The third-order valence-electron chi connectivity index (χ3n) is 6.29. The molecule has 2 saturated heterocycles. The largest absolute Gasteiger partial charge is 0.491 e. The number of rotatable bonds is 7. The van der Waals surface area contributed by atoms with E-state index in [4.69, 9.17) is 37.4 Å². The molecule has 2 aliphatic heterocycles. The molecule has 2 fully saturated rings. The van der Waals surface area contributed by atoms with E-state index in [0.29, 0.717) is 29.8 Å². The van der Waals surface area contributed by atoms with Crippen LogP contribution in [0.25, 0.3) is 0 Å². The van der Waals surface area contributed by atoms with Crippen LogP contribution in [0.15, 0.2) is 61.2 Å². The molecule has 0 aliphatic carbocycles. The van der Waals surface area contributed by atoms with Crippen molar-refractivity contribution in [3.8, 4) is 5.75 Å². The fourth-order valence-electron chi connectivity index (χ4n) is 4.38. The molecule has 7 nitrogen and oxygen atoms in total. The van der Waals surface area contributed by atoms with Gasteiger partial charge >= 0.3 is 0 Å². The average Bonchev–Trinajstić information content (AvgIpc) is 3.49. The lowest BCUT2D eigenvalue weighted by Crippen LogP contribution is -2.44. The summed E-state index contributed by atoms with van der Waals surface area (Å²) in [5.41, 5.74) is 1.95. The Kier molecular flexibility index (Phi) is 6.99. The van der Waals surface area contributed by atoms with Gasteiger partial charge in [-0.1, -0.05) is 29.3 Å². The van der Waals surface area contributed by atoms with Crippen LogP contribution >= 0.6 is 23.2 Å². The minimum atomic E-state index is -1.05. The highest BCUT2D eigenvalue weighted by molar-refractivity contribution is 6.35. The normalized spacial score (nSPS) is 23.4. The summed E-state index contributed by atoms with van der Waals surface area (Å²) in [5, 5.41) is 1.05. The van der Waals surface area contributed by atoms with Gasteiger partial charge in [0.1, 0.15) is 18.5 Å². The number of piperazine rings is 1. The van der Waals surface area contributed by atoms with Crippen molar-refractivity contribution in [3.63, 3.8) is 0 Å². The maximum absolute atomic E-state index is 6.54. The summed E-state index contributed by atoms with van der Waals surface area (Å²) < 4.78 is 20.6. The van der Waals surface area contributed by atoms with Crippen LogP contribution in [0.2, 0.25) is 10.0 Å². The van der Waals surface area contributed by atoms with Crippen molar-refractivity contribution >= 4 is 28.9 Å². The van der Waals surface area contributed by atoms with Crippen molar-refractivity contribution in [1.82, 2.24) is 14.5 Å². The number of nitrogens with zero attached hydrogens (tertiary/aromatic N) is 4. The summed E-state index contributed by atoms with van der Waals surface area (Å²) in [7, 11) is 2.16. The topological polar surface area (TPSA) is 52.0 Å². The Morgan fingerprint density at radius 1 is 1.09 bits per heavy atom. The van der Waals surface area contributed by atoms with Crippen LogP contribution < -0.4 is 9.64 Å². The second-order valence-electron chi connectivity index (χ2n) is 8.76. The lowest BCUT2D eigenvalue weighted by molar-refractivity contribution is -0.189. The van der Waals surface area contributed by atoms with E-state index in [1.165, 1.54) is 5.69 Å². The van der Waals surface area contributed by atoms with E-state index in [9.17, 15) is 0 Å². The number of aromatic nitrogens is 2. The second kappa shape index (κ2) is 10.1. The molecule has 34 heavy (non-hydrogen) atoms. The fourth-order valence-corrected chi connectivity index (χ4v) is 4.93. The molecule has 0 amide bonds. The highest BCUT2D eigenvalue weighted by Gasteiger charge is 2.45. The molecule has 0 bridgehead atoms. The number of ether oxygens (including phenoxy) is 3. The van der Waals surface area contributed by atoms with Gasteiger partial charge in [-0.25, -0.2) is 4.98 Å². The summed E-state index contributed by atoms with van der Waals surface area (Å²) in [6, 6.07) is 13.6. The summed E-state index contributed by atoms with van der Waals surface area (Å²) in [5.74, 6) is -0.250. The molecule has 0 saturated carbocycles. The Morgan fingerprint density at radius 2 is 1.88 bits per heavy atom. The van der Waals surface area contributed by atoms with Crippen molar-refractivity contribution in [3.05, 3.63) is 76.8 Å². The van der Waals surface area contributed by atoms with Crippen LogP contribution in [-0.2, 0) is 21.8 Å².